The van der Waals surface area contributed by atoms with Crippen molar-refractivity contribution in [2.45, 2.75) is 31.9 Å². The number of alkyl halides is 3. The summed E-state index contributed by atoms with van der Waals surface area (Å²) >= 11 is 0. The molecule has 2 heterocycles. The molecule has 0 saturated carbocycles. The van der Waals surface area contributed by atoms with E-state index < -0.39 is 18.0 Å². The van der Waals surface area contributed by atoms with Crippen molar-refractivity contribution in [3.05, 3.63) is 41.6 Å². The minimum Gasteiger partial charge on any atom is -0.484 e. The van der Waals surface area contributed by atoms with Crippen LogP contribution in [-0.4, -0.2) is 40.7 Å². The zero-order chi connectivity index (χ0) is 18.7. The third-order valence-corrected chi connectivity index (χ3v) is 4.25. The van der Waals surface area contributed by atoms with Crippen LogP contribution in [-0.2, 0) is 11.0 Å². The maximum Gasteiger partial charge on any atom is 0.470 e. The maximum atomic E-state index is 12.6. The number of halogens is 3. The molecule has 0 bridgehead atoms. The number of ether oxygens (including phenoxy) is 1. The van der Waals surface area contributed by atoms with Crippen molar-refractivity contribution in [3.8, 4) is 5.75 Å². The zero-order valence-electron chi connectivity index (χ0n) is 14.1. The van der Waals surface area contributed by atoms with Crippen LogP contribution in [0.4, 0.5) is 13.2 Å². The van der Waals surface area contributed by atoms with Gasteiger partial charge < -0.3 is 14.1 Å². The first-order valence-corrected chi connectivity index (χ1v) is 8.21. The molecule has 140 valence electrons. The number of carbonyl (C=O) groups excluding carboxylic acids is 1. The third kappa shape index (κ3) is 4.14. The van der Waals surface area contributed by atoms with E-state index in [2.05, 4.69) is 10.2 Å². The number of likely N-dealkylation sites (tertiary alicyclic amines) is 1. The first-order valence-electron chi connectivity index (χ1n) is 8.21. The topological polar surface area (TPSA) is 68.5 Å². The summed E-state index contributed by atoms with van der Waals surface area (Å²) in [5.41, 5.74) is 0.919. The molecule has 1 aliphatic rings. The number of amides is 1. The summed E-state index contributed by atoms with van der Waals surface area (Å²) in [5, 5.41) is 6.55. The van der Waals surface area contributed by atoms with Gasteiger partial charge in [0.2, 0.25) is 5.89 Å². The molecular weight excluding hydrogens is 351 g/mol. The van der Waals surface area contributed by atoms with Gasteiger partial charge in [-0.15, -0.1) is 10.2 Å². The van der Waals surface area contributed by atoms with Crippen molar-refractivity contribution in [2.24, 2.45) is 0 Å². The van der Waals surface area contributed by atoms with Crippen LogP contribution < -0.4 is 4.74 Å². The van der Waals surface area contributed by atoms with Crippen LogP contribution in [0.15, 0.2) is 28.7 Å². The summed E-state index contributed by atoms with van der Waals surface area (Å²) in [6.07, 6.45) is -3.44. The van der Waals surface area contributed by atoms with E-state index in [1.807, 2.05) is 25.1 Å². The standard InChI is InChI=1S/C17H18F3N3O3/c1-11-5-2-3-7-13(11)25-10-14(24)23-8-4-6-12(9-23)15-21-22-16(26-15)17(18,19)20/h2-3,5,7,12H,4,6,8-10H2,1H3. The van der Waals surface area contributed by atoms with Gasteiger partial charge in [-0.2, -0.15) is 13.2 Å². The van der Waals surface area contributed by atoms with Gasteiger partial charge in [0, 0.05) is 13.1 Å². The minimum atomic E-state index is -4.67. The van der Waals surface area contributed by atoms with E-state index in [0.29, 0.717) is 25.1 Å². The number of hydrogen-bond acceptors (Lipinski definition) is 5. The molecule has 1 atom stereocenters. The molecule has 0 N–H and O–H groups in total. The second-order valence-corrected chi connectivity index (χ2v) is 6.18. The highest BCUT2D eigenvalue weighted by Crippen LogP contribution is 2.32. The summed E-state index contributed by atoms with van der Waals surface area (Å²) < 4.78 is 48.1. The molecule has 3 rings (SSSR count). The molecule has 1 saturated heterocycles. The fourth-order valence-electron chi connectivity index (χ4n) is 2.87. The number of aryl methyl sites for hydroxylation is 1. The number of benzene rings is 1. The first-order chi connectivity index (χ1) is 12.3. The molecule has 2 aromatic rings. The Bertz CT molecular complexity index is 776. The molecular formula is C17H18F3N3O3. The van der Waals surface area contributed by atoms with E-state index in [0.717, 1.165) is 5.56 Å². The lowest BCUT2D eigenvalue weighted by Gasteiger charge is -2.31. The van der Waals surface area contributed by atoms with Crippen molar-refractivity contribution in [1.82, 2.24) is 15.1 Å². The monoisotopic (exact) mass is 369 g/mol. The fourth-order valence-corrected chi connectivity index (χ4v) is 2.87. The van der Waals surface area contributed by atoms with E-state index >= 15 is 0 Å². The molecule has 6 nitrogen and oxygen atoms in total. The van der Waals surface area contributed by atoms with Crippen LogP contribution in [0.2, 0.25) is 0 Å². The van der Waals surface area contributed by atoms with E-state index in [1.165, 1.54) is 0 Å². The lowest BCUT2D eigenvalue weighted by molar-refractivity contribution is -0.157. The van der Waals surface area contributed by atoms with Gasteiger partial charge in [-0.05, 0) is 31.4 Å². The van der Waals surface area contributed by atoms with Crippen LogP contribution >= 0.6 is 0 Å². The van der Waals surface area contributed by atoms with Crippen molar-refractivity contribution < 1.29 is 27.1 Å². The summed E-state index contributed by atoms with van der Waals surface area (Å²) in [6, 6.07) is 7.35. The average molecular weight is 369 g/mol. The van der Waals surface area contributed by atoms with E-state index in [-0.39, 0.29) is 24.9 Å². The zero-order valence-corrected chi connectivity index (χ0v) is 14.1. The second kappa shape index (κ2) is 7.35. The van der Waals surface area contributed by atoms with Gasteiger partial charge in [0.25, 0.3) is 5.91 Å². The first kappa shape index (κ1) is 18.2. The molecule has 1 aromatic carbocycles. The molecule has 1 amide bonds. The number of carbonyl (C=O) groups is 1. The largest absolute Gasteiger partial charge is 0.484 e. The number of nitrogens with zero attached hydrogens (tertiary/aromatic N) is 3. The van der Waals surface area contributed by atoms with Crippen molar-refractivity contribution >= 4 is 5.91 Å². The Hall–Kier alpha value is -2.58. The Morgan fingerprint density at radius 3 is 2.81 bits per heavy atom. The Kier molecular flexibility index (Phi) is 5.15. The number of hydrogen-bond donors (Lipinski definition) is 0. The molecule has 0 aliphatic carbocycles. The molecule has 1 fully saturated rings. The Balaban J connectivity index is 1.60. The van der Waals surface area contributed by atoms with Gasteiger partial charge in [0.05, 0.1) is 5.92 Å². The number of aromatic nitrogens is 2. The normalized spacial score (nSPS) is 18.0. The quantitative estimate of drug-likeness (QED) is 0.828. The van der Waals surface area contributed by atoms with Gasteiger partial charge in [0.15, 0.2) is 6.61 Å². The molecule has 9 heteroatoms. The maximum absolute atomic E-state index is 12.6. The van der Waals surface area contributed by atoms with E-state index in [9.17, 15) is 18.0 Å². The lowest BCUT2D eigenvalue weighted by atomic mass is 9.98. The molecule has 1 aliphatic heterocycles. The summed E-state index contributed by atoms with van der Waals surface area (Å²) in [4.78, 5) is 13.9. The highest BCUT2D eigenvalue weighted by molar-refractivity contribution is 5.78. The summed E-state index contributed by atoms with van der Waals surface area (Å²) in [6.45, 7) is 2.50. The van der Waals surface area contributed by atoms with Gasteiger partial charge >= 0.3 is 12.1 Å². The highest BCUT2D eigenvalue weighted by Gasteiger charge is 2.39. The van der Waals surface area contributed by atoms with E-state index in [4.69, 9.17) is 9.15 Å². The van der Waals surface area contributed by atoms with Crippen molar-refractivity contribution in [3.63, 3.8) is 0 Å². The van der Waals surface area contributed by atoms with Gasteiger partial charge in [0.1, 0.15) is 5.75 Å². The summed E-state index contributed by atoms with van der Waals surface area (Å²) in [7, 11) is 0. The SMILES string of the molecule is Cc1ccccc1OCC(=O)N1CCCC(c2nnc(C(F)(F)F)o2)C1. The van der Waals surface area contributed by atoms with Crippen LogP contribution in [0.1, 0.15) is 36.1 Å². The second-order valence-electron chi connectivity index (χ2n) is 6.18. The van der Waals surface area contributed by atoms with E-state index in [1.54, 1.807) is 11.0 Å². The number of piperidine rings is 1. The highest BCUT2D eigenvalue weighted by atomic mass is 19.4. The third-order valence-electron chi connectivity index (χ3n) is 4.25. The average Bonchev–Trinajstić information content (AvgIpc) is 3.11. The van der Waals surface area contributed by atoms with Crippen LogP contribution in [0, 0.1) is 6.92 Å². The van der Waals surface area contributed by atoms with Crippen LogP contribution in [0.5, 0.6) is 5.75 Å². The minimum absolute atomic E-state index is 0.0883. The van der Waals surface area contributed by atoms with Crippen molar-refractivity contribution in [1.29, 1.82) is 0 Å². The smallest absolute Gasteiger partial charge is 0.470 e. The Morgan fingerprint density at radius 2 is 2.12 bits per heavy atom. The Labute approximate surface area is 148 Å². The lowest BCUT2D eigenvalue weighted by Crippen LogP contribution is -2.41. The van der Waals surface area contributed by atoms with Gasteiger partial charge in [-0.1, -0.05) is 18.2 Å². The molecule has 0 radical (unpaired) electrons. The predicted octanol–water partition coefficient (Wildman–Crippen LogP) is 3.18. The number of para-hydroxylation sites is 1. The molecule has 26 heavy (non-hydrogen) atoms. The van der Waals surface area contributed by atoms with Gasteiger partial charge in [-0.3, -0.25) is 4.79 Å². The van der Waals surface area contributed by atoms with Crippen molar-refractivity contribution in [2.75, 3.05) is 19.7 Å². The molecule has 1 aromatic heterocycles. The predicted molar refractivity (Wildman–Crippen MR) is 84.5 cm³/mol. The van der Waals surface area contributed by atoms with Gasteiger partial charge in [-0.25, -0.2) is 0 Å². The van der Waals surface area contributed by atoms with Crippen LogP contribution in [0.25, 0.3) is 0 Å². The fraction of sp³-hybridized carbons (Fsp3) is 0.471. The molecule has 0 spiro atoms. The Morgan fingerprint density at radius 1 is 1.35 bits per heavy atom. The number of rotatable bonds is 4. The summed E-state index contributed by atoms with van der Waals surface area (Å²) in [5.74, 6) is -1.46. The van der Waals surface area contributed by atoms with Crippen LogP contribution in [0.3, 0.4) is 0 Å². The molecule has 1 unspecified atom stereocenters.